The highest BCUT2D eigenvalue weighted by atomic mass is 79.9. The molecule has 0 rings (SSSR count). The SMILES string of the molecule is CC(Br)(COS(=O)OCC(C)(Br)C(Cl)Cl)C(Cl)Cl. The Morgan fingerprint density at radius 1 is 1.00 bits per heavy atom. The summed E-state index contributed by atoms with van der Waals surface area (Å²) in [6, 6.07) is 0. The third-order valence-corrected chi connectivity index (χ3v) is 6.76. The van der Waals surface area contributed by atoms with Crippen molar-refractivity contribution >= 4 is 89.6 Å². The monoisotopic (exact) mass is 486 g/mol. The molecule has 0 aromatic carbocycles. The van der Waals surface area contributed by atoms with Gasteiger partial charge >= 0.3 is 11.4 Å². The van der Waals surface area contributed by atoms with Crippen LogP contribution in [0.4, 0.5) is 0 Å². The van der Waals surface area contributed by atoms with Crippen LogP contribution in [-0.2, 0) is 19.7 Å². The molecule has 0 aliphatic rings. The summed E-state index contributed by atoms with van der Waals surface area (Å²) in [5.74, 6) is 0. The van der Waals surface area contributed by atoms with E-state index in [-0.39, 0.29) is 13.2 Å². The summed E-state index contributed by atoms with van der Waals surface area (Å²) in [5.41, 5.74) is 0. The lowest BCUT2D eigenvalue weighted by molar-refractivity contribution is 0.226. The van der Waals surface area contributed by atoms with Gasteiger partial charge in [0.1, 0.15) is 9.67 Å². The molecule has 0 heterocycles. The molecule has 0 saturated carbocycles. The van der Waals surface area contributed by atoms with Crippen molar-refractivity contribution in [1.82, 2.24) is 0 Å². The quantitative estimate of drug-likeness (QED) is 0.471. The van der Waals surface area contributed by atoms with Crippen LogP contribution in [0.15, 0.2) is 0 Å². The van der Waals surface area contributed by atoms with E-state index in [9.17, 15) is 4.21 Å². The summed E-state index contributed by atoms with van der Waals surface area (Å²) < 4.78 is 19.9. The Labute approximate surface area is 146 Å². The summed E-state index contributed by atoms with van der Waals surface area (Å²) in [6.45, 7) is 3.44. The largest absolute Gasteiger partial charge is 0.304 e. The van der Waals surface area contributed by atoms with Gasteiger partial charge in [0.2, 0.25) is 0 Å². The molecule has 0 aromatic rings. The van der Waals surface area contributed by atoms with E-state index in [2.05, 4.69) is 31.9 Å². The zero-order valence-corrected chi connectivity index (χ0v) is 16.5. The molecule has 0 bridgehead atoms. The lowest BCUT2D eigenvalue weighted by Gasteiger charge is -2.24. The Balaban J connectivity index is 4.08. The predicted octanol–water partition coefficient (Wildman–Crippen LogP) is 4.51. The second-order valence-corrected chi connectivity index (χ2v) is 10.6. The van der Waals surface area contributed by atoms with Crippen LogP contribution in [0.1, 0.15) is 13.8 Å². The second kappa shape index (κ2) is 8.59. The van der Waals surface area contributed by atoms with Crippen molar-refractivity contribution in [3.8, 4) is 0 Å². The molecule has 18 heavy (non-hydrogen) atoms. The van der Waals surface area contributed by atoms with Gasteiger partial charge in [0.15, 0.2) is 0 Å². The van der Waals surface area contributed by atoms with E-state index >= 15 is 0 Å². The highest BCUT2D eigenvalue weighted by Crippen LogP contribution is 2.31. The van der Waals surface area contributed by atoms with Gasteiger partial charge < -0.3 is 0 Å². The lowest BCUT2D eigenvalue weighted by atomic mass is 10.2. The average Bonchev–Trinajstić information content (AvgIpc) is 2.23. The molecular formula is C8H12Br2Cl4O3S. The minimum Gasteiger partial charge on any atom is -0.267 e. The van der Waals surface area contributed by atoms with Gasteiger partial charge in [0.05, 0.1) is 21.9 Å². The lowest BCUT2D eigenvalue weighted by Crippen LogP contribution is -2.33. The summed E-state index contributed by atoms with van der Waals surface area (Å²) in [7, 11) is 0. The molecule has 10 heteroatoms. The second-order valence-electron chi connectivity index (χ2n) is 3.89. The van der Waals surface area contributed by atoms with E-state index in [4.69, 9.17) is 54.8 Å². The summed E-state index contributed by atoms with van der Waals surface area (Å²) in [6.07, 6.45) is 0. The van der Waals surface area contributed by atoms with Crippen LogP contribution in [-0.4, -0.2) is 35.7 Å². The molecule has 0 aromatic heterocycles. The normalized spacial score (nSPS) is 20.8. The Hall–Kier alpha value is 2.19. The van der Waals surface area contributed by atoms with E-state index in [1.165, 1.54) is 0 Å². The van der Waals surface area contributed by atoms with Crippen molar-refractivity contribution in [3.63, 3.8) is 0 Å². The highest BCUT2D eigenvalue weighted by molar-refractivity contribution is 9.10. The molecule has 0 aliphatic heterocycles. The number of halogens is 6. The van der Waals surface area contributed by atoms with Crippen molar-refractivity contribution in [2.75, 3.05) is 13.2 Å². The molecule has 0 radical (unpaired) electrons. The van der Waals surface area contributed by atoms with E-state index < -0.39 is 29.7 Å². The van der Waals surface area contributed by atoms with Gasteiger partial charge in [0, 0.05) is 0 Å². The van der Waals surface area contributed by atoms with Gasteiger partial charge in [0.25, 0.3) is 0 Å². The molecule has 110 valence electrons. The van der Waals surface area contributed by atoms with Gasteiger partial charge in [-0.25, -0.2) is 0 Å². The zero-order chi connectivity index (χ0) is 14.6. The Kier molecular flexibility index (Phi) is 9.63. The molecule has 3 nitrogen and oxygen atoms in total. The zero-order valence-electron chi connectivity index (χ0n) is 9.47. The molecule has 0 amide bonds. The van der Waals surface area contributed by atoms with Gasteiger partial charge in [-0.05, 0) is 13.8 Å². The first-order valence-electron chi connectivity index (χ1n) is 4.61. The van der Waals surface area contributed by atoms with Crippen molar-refractivity contribution in [2.45, 2.75) is 32.2 Å². The van der Waals surface area contributed by atoms with E-state index in [1.54, 1.807) is 13.8 Å². The number of hydrogen-bond donors (Lipinski definition) is 0. The van der Waals surface area contributed by atoms with E-state index in [0.29, 0.717) is 0 Å². The van der Waals surface area contributed by atoms with Crippen LogP contribution >= 0.6 is 78.3 Å². The van der Waals surface area contributed by atoms with Crippen molar-refractivity contribution in [1.29, 1.82) is 0 Å². The van der Waals surface area contributed by atoms with E-state index in [1.807, 2.05) is 0 Å². The highest BCUT2D eigenvalue weighted by Gasteiger charge is 2.32. The van der Waals surface area contributed by atoms with Crippen LogP contribution in [0.3, 0.4) is 0 Å². The standard InChI is InChI=1S/C8H12Br2Cl4O3S/c1-7(9,5(11)12)3-16-18(15)17-4-8(2,10)6(13)14/h5-6H,3-4H2,1-2H3. The number of rotatable bonds is 8. The fourth-order valence-corrected chi connectivity index (χ4v) is 2.02. The Morgan fingerprint density at radius 3 is 1.50 bits per heavy atom. The van der Waals surface area contributed by atoms with Crippen LogP contribution in [0.2, 0.25) is 0 Å². The van der Waals surface area contributed by atoms with Crippen LogP contribution in [0.25, 0.3) is 0 Å². The maximum absolute atomic E-state index is 11.4. The van der Waals surface area contributed by atoms with Gasteiger partial charge in [-0.3, -0.25) is 8.37 Å². The first-order chi connectivity index (χ1) is 7.99. The fraction of sp³-hybridized carbons (Fsp3) is 1.00. The topological polar surface area (TPSA) is 35.5 Å². The maximum Gasteiger partial charge on any atom is 0.304 e. The molecule has 0 fully saturated rings. The molecule has 0 aliphatic carbocycles. The number of hydrogen-bond acceptors (Lipinski definition) is 3. The summed E-state index contributed by atoms with van der Waals surface area (Å²) >= 11 is 27.4. The first kappa shape index (κ1) is 20.2. The van der Waals surface area contributed by atoms with Gasteiger partial charge in [-0.1, -0.05) is 31.9 Å². The summed E-state index contributed by atoms with van der Waals surface area (Å²) in [4.78, 5) is -1.43. The predicted molar refractivity (Wildman–Crippen MR) is 85.7 cm³/mol. The number of alkyl halides is 6. The smallest absolute Gasteiger partial charge is 0.267 e. The van der Waals surface area contributed by atoms with Gasteiger partial charge in [-0.2, -0.15) is 4.21 Å². The van der Waals surface area contributed by atoms with Crippen LogP contribution < -0.4 is 0 Å². The molecule has 0 saturated heterocycles. The minimum atomic E-state index is -1.94. The van der Waals surface area contributed by atoms with Crippen molar-refractivity contribution in [3.05, 3.63) is 0 Å². The first-order valence-corrected chi connectivity index (χ1v) is 8.94. The molecular weight excluding hydrogens is 478 g/mol. The Bertz CT molecular complexity index is 264. The molecule has 2 unspecified atom stereocenters. The molecule has 0 spiro atoms. The maximum atomic E-state index is 11.4. The van der Waals surface area contributed by atoms with E-state index in [0.717, 1.165) is 0 Å². The van der Waals surface area contributed by atoms with Crippen molar-refractivity contribution in [2.24, 2.45) is 0 Å². The van der Waals surface area contributed by atoms with Gasteiger partial charge in [-0.15, -0.1) is 46.4 Å². The Morgan fingerprint density at radius 2 is 1.28 bits per heavy atom. The molecule has 0 N–H and O–H groups in total. The average molecular weight is 490 g/mol. The van der Waals surface area contributed by atoms with Crippen LogP contribution in [0.5, 0.6) is 0 Å². The van der Waals surface area contributed by atoms with Crippen molar-refractivity contribution < 1.29 is 12.6 Å². The molecule has 2 atom stereocenters. The fourth-order valence-electron chi connectivity index (χ4n) is 0.487. The van der Waals surface area contributed by atoms with Crippen LogP contribution in [0, 0.1) is 0 Å². The minimum absolute atomic E-state index is 0.0153. The third-order valence-electron chi connectivity index (χ3n) is 1.78. The third kappa shape index (κ3) is 7.84. The summed E-state index contributed by atoms with van der Waals surface area (Å²) in [5, 5.41) is 0.